The van der Waals surface area contributed by atoms with Gasteiger partial charge >= 0.3 is 0 Å². The molecule has 0 saturated heterocycles. The van der Waals surface area contributed by atoms with Crippen molar-refractivity contribution in [3.8, 4) is 17.6 Å². The average Bonchev–Trinajstić information content (AvgIpc) is 2.62. The van der Waals surface area contributed by atoms with Crippen molar-refractivity contribution in [1.82, 2.24) is 0 Å². The molecule has 0 saturated carbocycles. The van der Waals surface area contributed by atoms with Gasteiger partial charge in [0.2, 0.25) is 0 Å². The van der Waals surface area contributed by atoms with Crippen molar-refractivity contribution in [2.24, 2.45) is 0 Å². The summed E-state index contributed by atoms with van der Waals surface area (Å²) < 4.78 is 10.9. The zero-order valence-electron chi connectivity index (χ0n) is 12.9. The molecule has 0 spiro atoms. The summed E-state index contributed by atoms with van der Waals surface area (Å²) in [4.78, 5) is 12.3. The summed E-state index contributed by atoms with van der Waals surface area (Å²) in [6.45, 7) is 0.952. The lowest BCUT2D eigenvalue weighted by molar-refractivity contribution is -0.112. The molecule has 0 unspecified atom stereocenters. The molecule has 3 rings (SSSR count). The first kappa shape index (κ1) is 17.2. The third-order valence-electron chi connectivity index (χ3n) is 3.42. The fourth-order valence-electron chi connectivity index (χ4n) is 2.25. The number of rotatable bonds is 3. The van der Waals surface area contributed by atoms with E-state index in [1.54, 1.807) is 30.3 Å². The minimum Gasteiger partial charge on any atom is -0.486 e. The van der Waals surface area contributed by atoms with Crippen molar-refractivity contribution in [2.45, 2.75) is 0 Å². The van der Waals surface area contributed by atoms with Gasteiger partial charge in [-0.1, -0.05) is 29.3 Å². The molecule has 0 atom stereocenters. The van der Waals surface area contributed by atoms with Gasteiger partial charge in [-0.25, -0.2) is 0 Å². The highest BCUT2D eigenvalue weighted by Crippen LogP contribution is 2.31. The zero-order chi connectivity index (χ0) is 17.8. The first-order chi connectivity index (χ1) is 12.1. The van der Waals surface area contributed by atoms with Crippen LogP contribution in [0.25, 0.3) is 6.08 Å². The predicted molar refractivity (Wildman–Crippen MR) is 96.1 cm³/mol. The lowest BCUT2D eigenvalue weighted by atomic mass is 10.1. The number of benzene rings is 2. The third-order valence-corrected chi connectivity index (χ3v) is 3.98. The van der Waals surface area contributed by atoms with Crippen LogP contribution in [0.5, 0.6) is 11.5 Å². The van der Waals surface area contributed by atoms with Gasteiger partial charge < -0.3 is 14.8 Å². The van der Waals surface area contributed by atoms with Crippen LogP contribution in [-0.4, -0.2) is 19.1 Å². The predicted octanol–water partition coefficient (Wildman–Crippen LogP) is 4.31. The number of ether oxygens (including phenoxy) is 2. The fraction of sp³-hybridized carbons (Fsp3) is 0.111. The molecule has 1 aliphatic rings. The van der Waals surface area contributed by atoms with Crippen molar-refractivity contribution >= 4 is 40.9 Å². The lowest BCUT2D eigenvalue weighted by Gasteiger charge is -2.18. The second-order valence-corrected chi connectivity index (χ2v) is 5.99. The molecule has 25 heavy (non-hydrogen) atoms. The summed E-state index contributed by atoms with van der Waals surface area (Å²) in [7, 11) is 0. The summed E-state index contributed by atoms with van der Waals surface area (Å²) in [5.41, 5.74) is 0.906. The highest BCUT2D eigenvalue weighted by atomic mass is 35.5. The van der Waals surface area contributed by atoms with E-state index in [4.69, 9.17) is 32.7 Å². The topological polar surface area (TPSA) is 71.3 Å². The van der Waals surface area contributed by atoms with Crippen LogP contribution in [0, 0.1) is 11.3 Å². The van der Waals surface area contributed by atoms with Crippen molar-refractivity contribution in [3.63, 3.8) is 0 Å². The first-order valence-corrected chi connectivity index (χ1v) is 8.10. The molecule has 2 aromatic rings. The van der Waals surface area contributed by atoms with Crippen LogP contribution in [0.2, 0.25) is 10.0 Å². The number of amides is 1. The monoisotopic (exact) mass is 374 g/mol. The zero-order valence-corrected chi connectivity index (χ0v) is 14.4. The number of nitrogens with one attached hydrogen (secondary N) is 1. The van der Waals surface area contributed by atoms with Gasteiger partial charge in [0.05, 0.1) is 10.7 Å². The Bertz CT molecular complexity index is 904. The molecule has 0 bridgehead atoms. The van der Waals surface area contributed by atoms with E-state index in [1.807, 2.05) is 6.07 Å². The highest BCUT2D eigenvalue weighted by molar-refractivity contribution is 6.36. The number of nitriles is 1. The standard InChI is InChI=1S/C18H12Cl2N2O3/c19-13-2-3-14(20)15(9-13)22-18(23)12(10-21)7-11-1-4-16-17(8-11)25-6-5-24-16/h1-4,7-9H,5-6H2,(H,22,23). The molecule has 1 heterocycles. The Balaban J connectivity index is 1.84. The number of carbonyl (C=O) groups excluding carboxylic acids is 1. The molecule has 0 aliphatic carbocycles. The molecule has 5 nitrogen and oxygen atoms in total. The van der Waals surface area contributed by atoms with Gasteiger partial charge in [-0.2, -0.15) is 5.26 Å². The largest absolute Gasteiger partial charge is 0.486 e. The number of fused-ring (bicyclic) bond motifs is 1. The van der Waals surface area contributed by atoms with Crippen LogP contribution in [0.15, 0.2) is 42.0 Å². The van der Waals surface area contributed by atoms with Gasteiger partial charge in [0.15, 0.2) is 11.5 Å². The highest BCUT2D eigenvalue weighted by Gasteiger charge is 2.14. The van der Waals surface area contributed by atoms with Crippen LogP contribution < -0.4 is 14.8 Å². The maximum atomic E-state index is 12.3. The number of hydrogen-bond acceptors (Lipinski definition) is 4. The Kier molecular flexibility index (Phi) is 5.13. The SMILES string of the molecule is N#CC(=Cc1ccc2c(c1)OCCO2)C(=O)Nc1cc(Cl)ccc1Cl. The van der Waals surface area contributed by atoms with Crippen LogP contribution >= 0.6 is 23.2 Å². The van der Waals surface area contributed by atoms with Gasteiger partial charge in [-0.3, -0.25) is 4.79 Å². The van der Waals surface area contributed by atoms with E-state index in [0.717, 1.165) is 0 Å². The van der Waals surface area contributed by atoms with Crippen LogP contribution in [0.3, 0.4) is 0 Å². The van der Waals surface area contributed by atoms with Crippen LogP contribution in [0.4, 0.5) is 5.69 Å². The number of nitrogens with zero attached hydrogens (tertiary/aromatic N) is 1. The third kappa shape index (κ3) is 4.05. The molecule has 1 N–H and O–H groups in total. The minimum absolute atomic E-state index is 0.0762. The number of hydrogen-bond donors (Lipinski definition) is 1. The van der Waals surface area contributed by atoms with E-state index < -0.39 is 5.91 Å². The number of anilines is 1. The molecular formula is C18H12Cl2N2O3. The second-order valence-electron chi connectivity index (χ2n) is 5.15. The molecule has 1 amide bonds. The maximum Gasteiger partial charge on any atom is 0.266 e. The summed E-state index contributed by atoms with van der Waals surface area (Å²) in [5.74, 6) is 0.634. The van der Waals surface area contributed by atoms with Crippen molar-refractivity contribution in [1.29, 1.82) is 5.26 Å². The number of halogens is 2. The molecule has 7 heteroatoms. The van der Waals surface area contributed by atoms with E-state index in [9.17, 15) is 10.1 Å². The molecule has 0 aromatic heterocycles. The summed E-state index contributed by atoms with van der Waals surface area (Å²) in [6, 6.07) is 11.8. The van der Waals surface area contributed by atoms with Crippen molar-refractivity contribution in [2.75, 3.05) is 18.5 Å². The maximum absolute atomic E-state index is 12.3. The number of carbonyl (C=O) groups is 1. The van der Waals surface area contributed by atoms with Gasteiger partial charge in [0, 0.05) is 5.02 Å². The molecule has 0 radical (unpaired) electrons. The smallest absolute Gasteiger partial charge is 0.266 e. The quantitative estimate of drug-likeness (QED) is 0.641. The Morgan fingerprint density at radius 3 is 2.64 bits per heavy atom. The molecule has 2 aromatic carbocycles. The van der Waals surface area contributed by atoms with Gasteiger partial charge in [-0.15, -0.1) is 0 Å². The Hall–Kier alpha value is -2.68. The van der Waals surface area contributed by atoms with Crippen LogP contribution in [0.1, 0.15) is 5.56 Å². The van der Waals surface area contributed by atoms with Crippen molar-refractivity contribution < 1.29 is 14.3 Å². The second kappa shape index (κ2) is 7.47. The fourth-order valence-corrected chi connectivity index (χ4v) is 2.58. The van der Waals surface area contributed by atoms with E-state index >= 15 is 0 Å². The average molecular weight is 375 g/mol. The van der Waals surface area contributed by atoms with Crippen molar-refractivity contribution in [3.05, 3.63) is 57.6 Å². The molecular weight excluding hydrogens is 363 g/mol. The Labute approximate surface area is 154 Å². The molecule has 1 aliphatic heterocycles. The van der Waals surface area contributed by atoms with E-state index in [0.29, 0.717) is 46.0 Å². The molecule has 0 fully saturated rings. The van der Waals surface area contributed by atoms with Gasteiger partial charge in [0.25, 0.3) is 5.91 Å². The Morgan fingerprint density at radius 1 is 1.12 bits per heavy atom. The Morgan fingerprint density at radius 2 is 1.88 bits per heavy atom. The van der Waals surface area contributed by atoms with Gasteiger partial charge in [-0.05, 0) is 42.0 Å². The molecule has 126 valence electrons. The summed E-state index contributed by atoms with van der Waals surface area (Å²) in [5, 5.41) is 12.6. The van der Waals surface area contributed by atoms with Gasteiger partial charge in [0.1, 0.15) is 24.9 Å². The summed E-state index contributed by atoms with van der Waals surface area (Å²) in [6.07, 6.45) is 1.46. The minimum atomic E-state index is -0.582. The van der Waals surface area contributed by atoms with E-state index in [2.05, 4.69) is 5.32 Å². The normalized spacial score (nSPS) is 13.1. The van der Waals surface area contributed by atoms with E-state index in [-0.39, 0.29) is 5.57 Å². The van der Waals surface area contributed by atoms with E-state index in [1.165, 1.54) is 12.1 Å². The summed E-state index contributed by atoms with van der Waals surface area (Å²) >= 11 is 11.9. The van der Waals surface area contributed by atoms with Crippen LogP contribution in [-0.2, 0) is 4.79 Å². The lowest BCUT2D eigenvalue weighted by Crippen LogP contribution is -2.15. The first-order valence-electron chi connectivity index (χ1n) is 7.34.